The van der Waals surface area contributed by atoms with Crippen molar-refractivity contribution < 1.29 is 9.90 Å². The molecule has 0 aromatic carbocycles. The maximum Gasteiger partial charge on any atom is 0.337 e. The minimum Gasteiger partial charge on any atom is -0.478 e. The fourth-order valence-electron chi connectivity index (χ4n) is 1.22. The predicted molar refractivity (Wildman–Crippen MR) is 51.9 cm³/mol. The second-order valence-electron chi connectivity index (χ2n) is 2.85. The van der Waals surface area contributed by atoms with Crippen molar-refractivity contribution in [3.05, 3.63) is 34.6 Å². The zero-order valence-electron chi connectivity index (χ0n) is 7.31. The van der Waals surface area contributed by atoms with Crippen LogP contribution >= 0.6 is 11.6 Å². The monoisotopic (exact) mass is 221 g/mol. The number of aromatic carboxylic acids is 1. The number of carboxylic acid groups (broad SMARTS) is 1. The number of carbonyl (C=O) groups is 1. The topological polar surface area (TPSA) is 78.4 Å². The van der Waals surface area contributed by atoms with Crippen LogP contribution in [0.5, 0.6) is 0 Å². The van der Waals surface area contributed by atoms with Gasteiger partial charge in [-0.25, -0.2) is 9.31 Å². The van der Waals surface area contributed by atoms with E-state index in [-0.39, 0.29) is 16.1 Å². The number of carboxylic acids is 1. The van der Waals surface area contributed by atoms with Gasteiger partial charge in [0.2, 0.25) is 0 Å². The number of hydrogen-bond acceptors (Lipinski definition) is 3. The second kappa shape index (κ2) is 3.26. The standard InChI is InChI=1S/C9H4ClN3O2/c10-8-6(2-11)3-12-13-4-5(9(14)15)1-7(8)13/h1,3-4H,(H,14,15). The first kappa shape index (κ1) is 9.49. The first-order valence-corrected chi connectivity index (χ1v) is 4.31. The summed E-state index contributed by atoms with van der Waals surface area (Å²) >= 11 is 5.88. The molecule has 2 rings (SSSR count). The van der Waals surface area contributed by atoms with Crippen molar-refractivity contribution in [2.45, 2.75) is 0 Å². The minimum atomic E-state index is -1.06. The van der Waals surface area contributed by atoms with Crippen molar-refractivity contribution in [2.75, 3.05) is 0 Å². The van der Waals surface area contributed by atoms with Crippen LogP contribution in [0.1, 0.15) is 15.9 Å². The summed E-state index contributed by atoms with van der Waals surface area (Å²) in [7, 11) is 0. The number of halogens is 1. The van der Waals surface area contributed by atoms with Crippen molar-refractivity contribution >= 4 is 23.1 Å². The van der Waals surface area contributed by atoms with Gasteiger partial charge in [0, 0.05) is 6.20 Å². The Morgan fingerprint density at radius 1 is 1.67 bits per heavy atom. The highest BCUT2D eigenvalue weighted by Gasteiger charge is 2.11. The summed E-state index contributed by atoms with van der Waals surface area (Å²) in [5, 5.41) is 21.5. The lowest BCUT2D eigenvalue weighted by Crippen LogP contribution is -1.93. The largest absolute Gasteiger partial charge is 0.478 e. The van der Waals surface area contributed by atoms with Crippen molar-refractivity contribution in [1.82, 2.24) is 9.61 Å². The van der Waals surface area contributed by atoms with Crippen molar-refractivity contribution in [1.29, 1.82) is 5.26 Å². The van der Waals surface area contributed by atoms with E-state index >= 15 is 0 Å². The third-order valence-corrected chi connectivity index (χ3v) is 2.34. The van der Waals surface area contributed by atoms with E-state index in [0.717, 1.165) is 0 Å². The predicted octanol–water partition coefficient (Wildman–Crippen LogP) is 1.56. The Hall–Kier alpha value is -2.06. The molecule has 0 saturated carbocycles. The Labute approximate surface area is 89.1 Å². The van der Waals surface area contributed by atoms with Gasteiger partial charge in [0.1, 0.15) is 6.07 Å². The molecule has 74 valence electrons. The van der Waals surface area contributed by atoms with Gasteiger partial charge in [0.25, 0.3) is 0 Å². The lowest BCUT2D eigenvalue weighted by molar-refractivity contribution is 0.0697. The van der Waals surface area contributed by atoms with E-state index in [4.69, 9.17) is 22.0 Å². The summed E-state index contributed by atoms with van der Waals surface area (Å²) in [4.78, 5) is 10.7. The molecule has 2 aromatic heterocycles. The van der Waals surface area contributed by atoms with Gasteiger partial charge in [0.15, 0.2) is 0 Å². The molecule has 1 N–H and O–H groups in total. The maximum absolute atomic E-state index is 10.7. The summed E-state index contributed by atoms with van der Waals surface area (Å²) in [6.07, 6.45) is 2.63. The summed E-state index contributed by atoms with van der Waals surface area (Å²) in [5.41, 5.74) is 0.715. The van der Waals surface area contributed by atoms with Gasteiger partial charge in [-0.05, 0) is 6.07 Å². The van der Waals surface area contributed by atoms with Crippen LogP contribution in [0.25, 0.3) is 5.52 Å². The van der Waals surface area contributed by atoms with Crippen LogP contribution in [0.15, 0.2) is 18.5 Å². The number of fused-ring (bicyclic) bond motifs is 1. The van der Waals surface area contributed by atoms with E-state index in [1.807, 2.05) is 6.07 Å². The maximum atomic E-state index is 10.7. The zero-order valence-corrected chi connectivity index (χ0v) is 8.06. The molecule has 0 saturated heterocycles. The lowest BCUT2D eigenvalue weighted by atomic mass is 10.3. The molecule has 0 unspecified atom stereocenters. The Kier molecular flexibility index (Phi) is 2.06. The number of hydrogen-bond donors (Lipinski definition) is 1. The van der Waals surface area contributed by atoms with Crippen LogP contribution in [0.4, 0.5) is 0 Å². The third kappa shape index (κ3) is 1.41. The van der Waals surface area contributed by atoms with E-state index in [0.29, 0.717) is 5.52 Å². The highest BCUT2D eigenvalue weighted by Crippen LogP contribution is 2.22. The van der Waals surface area contributed by atoms with Crippen LogP contribution in [0, 0.1) is 11.3 Å². The van der Waals surface area contributed by atoms with E-state index in [2.05, 4.69) is 5.10 Å². The summed E-state index contributed by atoms with van der Waals surface area (Å²) < 4.78 is 1.33. The normalized spacial score (nSPS) is 10.1. The van der Waals surface area contributed by atoms with Gasteiger partial charge in [0.05, 0.1) is 27.9 Å². The molecule has 6 heteroatoms. The molecule has 0 fully saturated rings. The van der Waals surface area contributed by atoms with E-state index < -0.39 is 5.97 Å². The highest BCUT2D eigenvalue weighted by atomic mass is 35.5. The van der Waals surface area contributed by atoms with Crippen LogP contribution in [-0.4, -0.2) is 20.7 Å². The lowest BCUT2D eigenvalue weighted by Gasteiger charge is -1.96. The van der Waals surface area contributed by atoms with E-state index in [9.17, 15) is 4.79 Å². The van der Waals surface area contributed by atoms with E-state index in [1.165, 1.54) is 23.0 Å². The molecule has 0 aliphatic heterocycles. The first-order valence-electron chi connectivity index (χ1n) is 3.94. The summed E-state index contributed by atoms with van der Waals surface area (Å²) in [5.74, 6) is -1.06. The van der Waals surface area contributed by atoms with Crippen molar-refractivity contribution in [3.63, 3.8) is 0 Å². The molecular weight excluding hydrogens is 218 g/mol. The number of aromatic nitrogens is 2. The van der Waals surface area contributed by atoms with Gasteiger partial charge in [-0.15, -0.1) is 0 Å². The van der Waals surface area contributed by atoms with Crippen LogP contribution < -0.4 is 0 Å². The average Bonchev–Trinajstić information content (AvgIpc) is 2.63. The molecular formula is C9H4ClN3O2. The van der Waals surface area contributed by atoms with Crippen LogP contribution in [-0.2, 0) is 0 Å². The molecule has 2 aromatic rings. The highest BCUT2D eigenvalue weighted by molar-refractivity contribution is 6.35. The molecule has 15 heavy (non-hydrogen) atoms. The third-order valence-electron chi connectivity index (χ3n) is 1.94. The smallest absolute Gasteiger partial charge is 0.337 e. The molecule has 0 atom stereocenters. The molecule has 2 heterocycles. The molecule has 0 spiro atoms. The van der Waals surface area contributed by atoms with Gasteiger partial charge >= 0.3 is 5.97 Å². The van der Waals surface area contributed by atoms with Crippen molar-refractivity contribution in [2.24, 2.45) is 0 Å². The second-order valence-corrected chi connectivity index (χ2v) is 3.23. The quantitative estimate of drug-likeness (QED) is 0.793. The van der Waals surface area contributed by atoms with E-state index in [1.54, 1.807) is 0 Å². The van der Waals surface area contributed by atoms with Gasteiger partial charge in [-0.3, -0.25) is 0 Å². The minimum absolute atomic E-state index is 0.0829. The number of nitriles is 1. The Bertz CT molecular complexity index is 597. The Morgan fingerprint density at radius 2 is 2.40 bits per heavy atom. The number of nitrogens with zero attached hydrogens (tertiary/aromatic N) is 3. The molecule has 5 nitrogen and oxygen atoms in total. The van der Waals surface area contributed by atoms with Crippen molar-refractivity contribution in [3.8, 4) is 6.07 Å². The SMILES string of the molecule is N#Cc1cnn2cc(C(=O)O)cc2c1Cl. The fourth-order valence-corrected chi connectivity index (χ4v) is 1.45. The molecule has 0 aliphatic rings. The zero-order chi connectivity index (χ0) is 11.0. The molecule has 0 bridgehead atoms. The van der Waals surface area contributed by atoms with Gasteiger partial charge in [-0.2, -0.15) is 10.4 Å². The van der Waals surface area contributed by atoms with Crippen LogP contribution in [0.2, 0.25) is 5.02 Å². The fraction of sp³-hybridized carbons (Fsp3) is 0. The first-order chi connectivity index (χ1) is 7.13. The van der Waals surface area contributed by atoms with Gasteiger partial charge < -0.3 is 5.11 Å². The Balaban J connectivity index is 2.78. The summed E-state index contributed by atoms with van der Waals surface area (Å²) in [6, 6.07) is 3.24. The molecule has 0 aliphatic carbocycles. The average molecular weight is 222 g/mol. The summed E-state index contributed by atoms with van der Waals surface area (Å²) in [6.45, 7) is 0. The molecule has 0 radical (unpaired) electrons. The molecule has 0 amide bonds. The number of rotatable bonds is 1. The Morgan fingerprint density at radius 3 is 3.00 bits per heavy atom. The van der Waals surface area contributed by atoms with Gasteiger partial charge in [-0.1, -0.05) is 11.6 Å². The van der Waals surface area contributed by atoms with Crippen LogP contribution in [0.3, 0.4) is 0 Å².